The van der Waals surface area contributed by atoms with E-state index < -0.39 is 12.2 Å². The van der Waals surface area contributed by atoms with Gasteiger partial charge in [-0.25, -0.2) is 0 Å². The number of allylic oxidation sites excluding steroid dienone is 2. The van der Waals surface area contributed by atoms with Crippen LogP contribution >= 0.6 is 0 Å². The maximum Gasteiger partial charge on any atom is 0.175 e. The number of hydrogen-bond acceptors (Lipinski definition) is 4. The van der Waals surface area contributed by atoms with Gasteiger partial charge >= 0.3 is 0 Å². The molecule has 0 spiro atoms. The molecule has 2 rings (SSSR count). The number of aliphatic hydroxyl groups excluding tert-OH is 2. The Kier molecular flexibility index (Phi) is 9.16. The molecule has 0 aromatic carbocycles. The Bertz CT molecular complexity index is 626. The van der Waals surface area contributed by atoms with Gasteiger partial charge in [-0.2, -0.15) is 0 Å². The third-order valence-electron chi connectivity index (χ3n) is 5.33. The molecule has 1 aromatic heterocycles. The monoisotopic (exact) mass is 376 g/mol. The Morgan fingerprint density at radius 3 is 2.11 bits per heavy atom. The van der Waals surface area contributed by atoms with Crippen molar-refractivity contribution in [2.24, 2.45) is 0 Å². The molecule has 2 unspecified atom stereocenters. The fraction of sp³-hybridized carbons (Fsp3) is 0.652. The van der Waals surface area contributed by atoms with Gasteiger partial charge in [0.2, 0.25) is 0 Å². The van der Waals surface area contributed by atoms with Gasteiger partial charge in [-0.1, -0.05) is 64.7 Å². The molecule has 4 nitrogen and oxygen atoms in total. The minimum Gasteiger partial charge on any atom is -0.504 e. The molecule has 4 heteroatoms. The second kappa shape index (κ2) is 11.4. The van der Waals surface area contributed by atoms with Gasteiger partial charge in [0.05, 0.1) is 0 Å². The zero-order valence-electron chi connectivity index (χ0n) is 16.9. The molecule has 0 amide bonds. The molecule has 0 saturated carbocycles. The van der Waals surface area contributed by atoms with Crippen LogP contribution in [0, 0.1) is 0 Å². The molecule has 1 aromatic rings. The normalized spacial score (nSPS) is 19.9. The van der Waals surface area contributed by atoms with Crippen molar-refractivity contribution in [2.75, 3.05) is 0 Å². The Labute approximate surface area is 163 Å². The van der Waals surface area contributed by atoms with Crippen LogP contribution in [0.5, 0.6) is 5.75 Å². The second-order valence-corrected chi connectivity index (χ2v) is 7.80. The molecule has 1 aliphatic rings. The average molecular weight is 377 g/mol. The molecule has 152 valence electrons. The van der Waals surface area contributed by atoms with Gasteiger partial charge in [0.1, 0.15) is 18.0 Å². The summed E-state index contributed by atoms with van der Waals surface area (Å²) >= 11 is 0. The van der Waals surface area contributed by atoms with Crippen molar-refractivity contribution >= 4 is 5.57 Å². The lowest BCUT2D eigenvalue weighted by atomic mass is 9.94. The van der Waals surface area contributed by atoms with Crippen molar-refractivity contribution < 1.29 is 19.7 Å². The number of furan rings is 1. The lowest BCUT2D eigenvalue weighted by Gasteiger charge is -2.21. The second-order valence-electron chi connectivity index (χ2n) is 7.80. The highest BCUT2D eigenvalue weighted by Gasteiger charge is 2.24. The van der Waals surface area contributed by atoms with Crippen LogP contribution in [0.3, 0.4) is 0 Å². The Balaban J connectivity index is 1.70. The molecule has 0 radical (unpaired) electrons. The summed E-state index contributed by atoms with van der Waals surface area (Å²) < 4.78 is 5.81. The van der Waals surface area contributed by atoms with Gasteiger partial charge in [-0.3, -0.25) is 0 Å². The summed E-state index contributed by atoms with van der Waals surface area (Å²) in [6.07, 6.45) is 15.1. The van der Waals surface area contributed by atoms with Crippen LogP contribution in [0.1, 0.15) is 89.6 Å². The predicted molar refractivity (Wildman–Crippen MR) is 110 cm³/mol. The van der Waals surface area contributed by atoms with Crippen molar-refractivity contribution in [3.63, 3.8) is 0 Å². The van der Waals surface area contributed by atoms with Crippen LogP contribution in [0.4, 0.5) is 0 Å². The quantitative estimate of drug-likeness (QED) is 0.420. The Morgan fingerprint density at radius 1 is 0.926 bits per heavy atom. The highest BCUT2D eigenvalue weighted by atomic mass is 16.4. The summed E-state index contributed by atoms with van der Waals surface area (Å²) in [4.78, 5) is 0. The van der Waals surface area contributed by atoms with Crippen molar-refractivity contribution in [1.82, 2.24) is 0 Å². The van der Waals surface area contributed by atoms with E-state index in [2.05, 4.69) is 6.92 Å². The van der Waals surface area contributed by atoms with E-state index in [0.29, 0.717) is 16.9 Å². The van der Waals surface area contributed by atoms with Crippen LogP contribution < -0.4 is 0 Å². The van der Waals surface area contributed by atoms with E-state index in [9.17, 15) is 15.3 Å². The van der Waals surface area contributed by atoms with E-state index in [4.69, 9.17) is 4.42 Å². The molecule has 2 atom stereocenters. The first-order valence-corrected chi connectivity index (χ1v) is 10.6. The summed E-state index contributed by atoms with van der Waals surface area (Å²) in [6, 6.07) is 1.67. The number of hydrogen-bond donors (Lipinski definition) is 3. The lowest BCUT2D eigenvalue weighted by molar-refractivity contribution is 0.0720. The van der Waals surface area contributed by atoms with E-state index in [1.807, 2.05) is 0 Å². The molecule has 27 heavy (non-hydrogen) atoms. The van der Waals surface area contributed by atoms with E-state index in [0.717, 1.165) is 18.6 Å². The summed E-state index contributed by atoms with van der Waals surface area (Å²) in [6.45, 7) is 4.00. The zero-order chi connectivity index (χ0) is 19.6. The standard InChI is InChI=1S/C23H36O4/c1-3-4-5-6-7-8-9-10-11-12-13-19-16-21(25)23(27-19)18-14-17(2)22(26)20(24)15-18/h14-16,20,22,24-26H,3-13H2,1-2H3. The van der Waals surface area contributed by atoms with Gasteiger partial charge in [0.15, 0.2) is 11.5 Å². The van der Waals surface area contributed by atoms with Gasteiger partial charge in [-0.15, -0.1) is 0 Å². The molecule has 0 bridgehead atoms. The summed E-state index contributed by atoms with van der Waals surface area (Å²) in [5.74, 6) is 1.24. The molecule has 0 aliphatic heterocycles. The maximum absolute atomic E-state index is 10.2. The van der Waals surface area contributed by atoms with Crippen LogP contribution in [0.25, 0.3) is 5.57 Å². The lowest BCUT2D eigenvalue weighted by Crippen LogP contribution is -2.27. The van der Waals surface area contributed by atoms with Crippen LogP contribution in [0.2, 0.25) is 0 Å². The van der Waals surface area contributed by atoms with Gasteiger partial charge in [-0.05, 0) is 31.1 Å². The summed E-state index contributed by atoms with van der Waals surface area (Å²) in [7, 11) is 0. The molecule has 0 fully saturated rings. The highest BCUT2D eigenvalue weighted by Crippen LogP contribution is 2.34. The minimum atomic E-state index is -0.972. The number of aromatic hydroxyl groups is 1. The maximum atomic E-state index is 10.2. The number of aryl methyl sites for hydroxylation is 1. The SMILES string of the molecule is CCCCCCCCCCCCc1cc(O)c(C2=CC(O)C(O)C(C)=C2)o1. The largest absolute Gasteiger partial charge is 0.504 e. The summed E-state index contributed by atoms with van der Waals surface area (Å²) in [5.41, 5.74) is 1.28. The van der Waals surface area contributed by atoms with Crippen LogP contribution in [-0.4, -0.2) is 27.5 Å². The fourth-order valence-electron chi connectivity index (χ4n) is 3.61. The first-order chi connectivity index (χ1) is 13.0. The summed E-state index contributed by atoms with van der Waals surface area (Å²) in [5, 5.41) is 29.9. The van der Waals surface area contributed by atoms with Crippen molar-refractivity contribution in [3.8, 4) is 5.75 Å². The predicted octanol–water partition coefficient (Wildman–Crippen LogP) is 5.51. The third-order valence-corrected chi connectivity index (χ3v) is 5.33. The number of unbranched alkanes of at least 4 members (excludes halogenated alkanes) is 9. The van der Waals surface area contributed by atoms with Gasteiger partial charge in [0, 0.05) is 18.1 Å². The minimum absolute atomic E-state index is 0.0935. The topological polar surface area (TPSA) is 73.8 Å². The molecule has 0 saturated heterocycles. The van der Waals surface area contributed by atoms with E-state index in [1.54, 1.807) is 19.1 Å². The smallest absolute Gasteiger partial charge is 0.175 e. The highest BCUT2D eigenvalue weighted by molar-refractivity contribution is 5.77. The van der Waals surface area contributed by atoms with E-state index in [1.165, 1.54) is 63.9 Å². The van der Waals surface area contributed by atoms with E-state index >= 15 is 0 Å². The van der Waals surface area contributed by atoms with Crippen LogP contribution in [0.15, 0.2) is 28.2 Å². The molecular weight excluding hydrogens is 340 g/mol. The molecular formula is C23H36O4. The van der Waals surface area contributed by atoms with Crippen molar-refractivity contribution in [2.45, 2.75) is 96.7 Å². The van der Waals surface area contributed by atoms with Gasteiger partial charge in [0.25, 0.3) is 0 Å². The zero-order valence-corrected chi connectivity index (χ0v) is 16.9. The molecule has 1 heterocycles. The number of rotatable bonds is 12. The molecule has 3 N–H and O–H groups in total. The first kappa shape index (κ1) is 21.8. The Morgan fingerprint density at radius 2 is 1.52 bits per heavy atom. The average Bonchev–Trinajstić information content (AvgIpc) is 3.01. The third kappa shape index (κ3) is 6.86. The van der Waals surface area contributed by atoms with Crippen molar-refractivity contribution in [3.05, 3.63) is 35.3 Å². The number of aliphatic hydroxyl groups is 2. The van der Waals surface area contributed by atoms with E-state index in [-0.39, 0.29) is 5.75 Å². The van der Waals surface area contributed by atoms with Gasteiger partial charge < -0.3 is 19.7 Å². The van der Waals surface area contributed by atoms with Crippen molar-refractivity contribution in [1.29, 1.82) is 0 Å². The fourth-order valence-corrected chi connectivity index (χ4v) is 3.61. The Hall–Kier alpha value is -1.52. The molecule has 1 aliphatic carbocycles. The first-order valence-electron chi connectivity index (χ1n) is 10.6. The van der Waals surface area contributed by atoms with Crippen LogP contribution in [-0.2, 0) is 6.42 Å².